The molecule has 1 saturated heterocycles. The number of Topliss-reactive ketones (excluding diaryl/α,β-unsaturated/α-hetero) is 1. The van der Waals surface area contributed by atoms with Crippen LogP contribution < -0.4 is 14.2 Å². The summed E-state index contributed by atoms with van der Waals surface area (Å²) in [6, 6.07) is 11.5. The highest BCUT2D eigenvalue weighted by Gasteiger charge is 2.46. The quantitative estimate of drug-likeness (QED) is 0.243. The highest BCUT2D eigenvalue weighted by molar-refractivity contribution is 6.46. The molecule has 1 fully saturated rings. The van der Waals surface area contributed by atoms with Crippen molar-refractivity contribution < 1.29 is 28.9 Å². The molecule has 176 valence electrons. The molecule has 1 aliphatic heterocycles. The van der Waals surface area contributed by atoms with Crippen LogP contribution in [0.3, 0.4) is 0 Å². The van der Waals surface area contributed by atoms with Crippen molar-refractivity contribution >= 4 is 17.4 Å². The second kappa shape index (κ2) is 10.9. The molecule has 1 aliphatic rings. The number of unbranched alkanes of at least 4 members (excludes halogenated alkanes) is 1. The van der Waals surface area contributed by atoms with Crippen LogP contribution in [0.5, 0.6) is 17.2 Å². The fourth-order valence-corrected chi connectivity index (χ4v) is 3.92. The van der Waals surface area contributed by atoms with E-state index in [0.29, 0.717) is 42.4 Å². The van der Waals surface area contributed by atoms with E-state index < -0.39 is 17.7 Å². The molecule has 33 heavy (non-hydrogen) atoms. The Labute approximate surface area is 194 Å². The van der Waals surface area contributed by atoms with Crippen molar-refractivity contribution in [2.75, 3.05) is 27.4 Å². The normalized spacial score (nSPS) is 17.3. The fraction of sp³-hybridized carbons (Fsp3) is 0.385. The molecule has 3 rings (SSSR count). The van der Waals surface area contributed by atoms with Crippen LogP contribution in [-0.4, -0.2) is 49.1 Å². The smallest absolute Gasteiger partial charge is 0.295 e. The maximum Gasteiger partial charge on any atom is 0.295 e. The zero-order valence-electron chi connectivity index (χ0n) is 19.6. The van der Waals surface area contributed by atoms with Gasteiger partial charge in [0.1, 0.15) is 23.0 Å². The number of methoxy groups -OCH3 is 2. The maximum absolute atomic E-state index is 13.1. The van der Waals surface area contributed by atoms with Crippen molar-refractivity contribution in [3.8, 4) is 17.2 Å². The minimum atomic E-state index is -0.723. The summed E-state index contributed by atoms with van der Waals surface area (Å²) < 4.78 is 16.4. The average molecular weight is 454 g/mol. The van der Waals surface area contributed by atoms with Gasteiger partial charge in [-0.25, -0.2) is 0 Å². The molecule has 1 atom stereocenters. The number of ether oxygens (including phenoxy) is 3. The molecule has 2 aromatic carbocycles. The fourth-order valence-electron chi connectivity index (χ4n) is 3.92. The first-order chi connectivity index (χ1) is 16.0. The summed E-state index contributed by atoms with van der Waals surface area (Å²) in [4.78, 5) is 27.5. The van der Waals surface area contributed by atoms with Crippen molar-refractivity contribution in [1.29, 1.82) is 0 Å². The first-order valence-electron chi connectivity index (χ1n) is 11.2. The zero-order valence-corrected chi connectivity index (χ0v) is 19.6. The van der Waals surface area contributed by atoms with Gasteiger partial charge in [-0.05, 0) is 48.7 Å². The summed E-state index contributed by atoms with van der Waals surface area (Å²) >= 11 is 0. The largest absolute Gasteiger partial charge is 0.507 e. The third kappa shape index (κ3) is 4.97. The van der Waals surface area contributed by atoms with Crippen molar-refractivity contribution in [3.63, 3.8) is 0 Å². The lowest BCUT2D eigenvalue weighted by molar-refractivity contribution is -0.139. The van der Waals surface area contributed by atoms with Crippen molar-refractivity contribution in [1.82, 2.24) is 4.90 Å². The second-order valence-corrected chi connectivity index (χ2v) is 7.83. The van der Waals surface area contributed by atoms with E-state index in [2.05, 4.69) is 6.92 Å². The maximum atomic E-state index is 13.1. The average Bonchev–Trinajstić information content (AvgIpc) is 3.09. The van der Waals surface area contributed by atoms with Crippen LogP contribution in [0, 0.1) is 0 Å². The lowest BCUT2D eigenvalue weighted by atomic mass is 9.94. The zero-order chi connectivity index (χ0) is 24.0. The van der Waals surface area contributed by atoms with E-state index in [1.807, 2.05) is 31.2 Å². The highest BCUT2D eigenvalue weighted by atomic mass is 16.5. The summed E-state index contributed by atoms with van der Waals surface area (Å²) in [5.74, 6) is -0.0728. The summed E-state index contributed by atoms with van der Waals surface area (Å²) in [5.41, 5.74) is 1.03. The van der Waals surface area contributed by atoms with Gasteiger partial charge in [0.25, 0.3) is 11.7 Å². The Morgan fingerprint density at radius 1 is 0.970 bits per heavy atom. The third-order valence-corrected chi connectivity index (χ3v) is 5.63. The second-order valence-electron chi connectivity index (χ2n) is 7.83. The summed E-state index contributed by atoms with van der Waals surface area (Å²) in [5, 5.41) is 11.3. The van der Waals surface area contributed by atoms with Gasteiger partial charge in [0, 0.05) is 6.54 Å². The Balaban J connectivity index is 2.10. The van der Waals surface area contributed by atoms with E-state index in [9.17, 15) is 14.7 Å². The Morgan fingerprint density at radius 3 is 2.27 bits per heavy atom. The highest BCUT2D eigenvalue weighted by Crippen LogP contribution is 2.42. The van der Waals surface area contributed by atoms with Crippen molar-refractivity contribution in [2.24, 2.45) is 0 Å². The number of benzene rings is 2. The van der Waals surface area contributed by atoms with Crippen LogP contribution in [-0.2, 0) is 9.59 Å². The Morgan fingerprint density at radius 2 is 1.67 bits per heavy atom. The number of aliphatic hydroxyl groups is 1. The molecule has 7 heteroatoms. The minimum absolute atomic E-state index is 0.0275. The van der Waals surface area contributed by atoms with Crippen LogP contribution in [0.15, 0.2) is 48.0 Å². The lowest BCUT2D eigenvalue weighted by Crippen LogP contribution is -2.30. The van der Waals surface area contributed by atoms with Gasteiger partial charge in [0.05, 0.1) is 38.0 Å². The van der Waals surface area contributed by atoms with Crippen molar-refractivity contribution in [2.45, 2.75) is 39.2 Å². The van der Waals surface area contributed by atoms with Gasteiger partial charge in [-0.15, -0.1) is 0 Å². The number of likely N-dealkylation sites (tertiary alicyclic amines) is 1. The van der Waals surface area contributed by atoms with E-state index in [0.717, 1.165) is 12.8 Å². The van der Waals surface area contributed by atoms with Crippen LogP contribution in [0.2, 0.25) is 0 Å². The number of carbonyl (C=O) groups excluding carboxylic acids is 2. The van der Waals surface area contributed by atoms with E-state index >= 15 is 0 Å². The molecule has 0 saturated carbocycles. The van der Waals surface area contributed by atoms with E-state index in [-0.39, 0.29) is 16.9 Å². The first-order valence-corrected chi connectivity index (χ1v) is 11.2. The number of carbonyl (C=O) groups is 2. The number of amides is 1. The number of ketones is 1. The molecule has 0 aliphatic carbocycles. The van der Waals surface area contributed by atoms with Gasteiger partial charge < -0.3 is 24.2 Å². The van der Waals surface area contributed by atoms with E-state index in [1.165, 1.54) is 19.1 Å². The minimum Gasteiger partial charge on any atom is -0.507 e. The number of hydrogen-bond acceptors (Lipinski definition) is 6. The van der Waals surface area contributed by atoms with Crippen molar-refractivity contribution in [3.05, 3.63) is 59.2 Å². The Hall–Kier alpha value is -3.48. The predicted molar refractivity (Wildman–Crippen MR) is 126 cm³/mol. The third-order valence-electron chi connectivity index (χ3n) is 5.63. The van der Waals surface area contributed by atoms with Gasteiger partial charge in [-0.2, -0.15) is 0 Å². The van der Waals surface area contributed by atoms with Crippen LogP contribution in [0.4, 0.5) is 0 Å². The molecule has 1 amide bonds. The predicted octanol–water partition coefficient (Wildman–Crippen LogP) is 4.71. The lowest BCUT2D eigenvalue weighted by Gasteiger charge is -2.25. The number of aliphatic hydroxyl groups excluding tert-OH is 1. The van der Waals surface area contributed by atoms with Gasteiger partial charge in [0.15, 0.2) is 0 Å². The van der Waals surface area contributed by atoms with Gasteiger partial charge >= 0.3 is 0 Å². The van der Waals surface area contributed by atoms with Crippen LogP contribution in [0.1, 0.15) is 50.3 Å². The van der Waals surface area contributed by atoms with E-state index in [1.54, 1.807) is 18.2 Å². The van der Waals surface area contributed by atoms with E-state index in [4.69, 9.17) is 14.2 Å². The molecule has 0 spiro atoms. The molecule has 1 heterocycles. The molecule has 1 unspecified atom stereocenters. The molecular formula is C26H31NO6. The SMILES string of the molecule is CCCCOc1ccc(C2/C(=C(\O)c3cc(OC)ccc3OC)C(=O)C(=O)N2CCC)cc1. The number of nitrogens with zero attached hydrogens (tertiary/aromatic N) is 1. The van der Waals surface area contributed by atoms with Gasteiger partial charge in [0.2, 0.25) is 0 Å². The Kier molecular flexibility index (Phi) is 7.98. The molecule has 7 nitrogen and oxygen atoms in total. The monoisotopic (exact) mass is 453 g/mol. The molecule has 1 N–H and O–H groups in total. The van der Waals surface area contributed by atoms with Gasteiger partial charge in [-0.1, -0.05) is 32.4 Å². The summed E-state index contributed by atoms with van der Waals surface area (Å²) in [6.07, 6.45) is 2.67. The first kappa shape index (κ1) is 24.2. The molecule has 0 bridgehead atoms. The molecule has 0 radical (unpaired) electrons. The summed E-state index contributed by atoms with van der Waals surface area (Å²) in [7, 11) is 2.99. The summed E-state index contributed by atoms with van der Waals surface area (Å²) in [6.45, 7) is 5.04. The topological polar surface area (TPSA) is 85.3 Å². The standard InChI is InChI=1S/C26H31NO6/c1-5-7-15-33-18-10-8-17(9-11-18)23-22(25(29)26(30)27(23)14-6-2)24(28)20-16-19(31-3)12-13-21(20)32-4/h8-13,16,23,28H,5-7,14-15H2,1-4H3/b24-22+. The molecular weight excluding hydrogens is 422 g/mol. The van der Waals surface area contributed by atoms with Gasteiger partial charge in [-0.3, -0.25) is 9.59 Å². The molecule has 2 aromatic rings. The molecule has 0 aromatic heterocycles. The number of hydrogen-bond donors (Lipinski definition) is 1. The van der Waals surface area contributed by atoms with Crippen LogP contribution in [0.25, 0.3) is 5.76 Å². The van der Waals surface area contributed by atoms with Crippen LogP contribution >= 0.6 is 0 Å². The Bertz CT molecular complexity index is 1030. The number of rotatable bonds is 10.